The van der Waals surface area contributed by atoms with Crippen LogP contribution in [-0.4, -0.2) is 89.4 Å². The number of anilines is 1. The van der Waals surface area contributed by atoms with Gasteiger partial charge in [0.25, 0.3) is 0 Å². The second-order valence-corrected chi connectivity index (χ2v) is 11.7. The molecule has 0 spiro atoms. The van der Waals surface area contributed by atoms with Crippen molar-refractivity contribution in [3.05, 3.63) is 52.6 Å². The maximum Gasteiger partial charge on any atom is 0.243 e. The van der Waals surface area contributed by atoms with E-state index in [1.165, 1.54) is 22.5 Å². The number of sulfonamides is 1. The lowest BCUT2D eigenvalue weighted by molar-refractivity contribution is -0.129. The van der Waals surface area contributed by atoms with Gasteiger partial charge < -0.3 is 19.9 Å². The number of hydrogen-bond acceptors (Lipinski definition) is 6. The summed E-state index contributed by atoms with van der Waals surface area (Å²) in [7, 11) is 3.26. The van der Waals surface area contributed by atoms with Gasteiger partial charge in [0, 0.05) is 58.9 Å². The van der Waals surface area contributed by atoms with E-state index in [-0.39, 0.29) is 23.8 Å². The van der Waals surface area contributed by atoms with Gasteiger partial charge in [-0.2, -0.15) is 0 Å². The second kappa shape index (κ2) is 12.1. The first-order valence-corrected chi connectivity index (χ1v) is 13.9. The summed E-state index contributed by atoms with van der Waals surface area (Å²) < 4.78 is 32.8. The number of amides is 1. The van der Waals surface area contributed by atoms with Crippen LogP contribution < -0.4 is 10.1 Å². The molecule has 0 radical (unpaired) electrons. The van der Waals surface area contributed by atoms with Crippen molar-refractivity contribution in [1.82, 2.24) is 14.1 Å². The van der Waals surface area contributed by atoms with Gasteiger partial charge in [-0.05, 0) is 80.3 Å². The van der Waals surface area contributed by atoms with Crippen LogP contribution in [0, 0.1) is 13.8 Å². The topological polar surface area (TPSA) is 82.2 Å². The third kappa shape index (κ3) is 6.78. The molecule has 198 valence electrons. The molecule has 2 aromatic carbocycles. The molecule has 9 heteroatoms. The highest BCUT2D eigenvalue weighted by Crippen LogP contribution is 2.28. The summed E-state index contributed by atoms with van der Waals surface area (Å²) in [6, 6.07) is 9.95. The first-order chi connectivity index (χ1) is 17.0. The number of benzene rings is 2. The molecular weight excluding hydrogens is 476 g/mol. The molecule has 0 aliphatic carbocycles. The average Bonchev–Trinajstić information content (AvgIpc) is 3.02. The average molecular weight is 517 g/mol. The predicted octanol–water partition coefficient (Wildman–Crippen LogP) is 2.92. The van der Waals surface area contributed by atoms with E-state index in [0.717, 1.165) is 31.6 Å². The summed E-state index contributed by atoms with van der Waals surface area (Å²) in [6.07, 6.45) is 2.24. The lowest BCUT2D eigenvalue weighted by Crippen LogP contribution is -2.35. The molecule has 2 aromatic rings. The van der Waals surface area contributed by atoms with E-state index in [1.54, 1.807) is 45.0 Å². The molecule has 1 aliphatic rings. The minimum absolute atomic E-state index is 0.0907. The minimum atomic E-state index is -3.72. The molecule has 1 aliphatic heterocycles. The number of nitrogens with zero attached hydrogens (tertiary/aromatic N) is 3. The van der Waals surface area contributed by atoms with E-state index in [0.29, 0.717) is 30.0 Å². The van der Waals surface area contributed by atoms with Crippen LogP contribution in [0.2, 0.25) is 0 Å². The number of fused-ring (bicyclic) bond motifs is 1. The lowest BCUT2D eigenvalue weighted by atomic mass is 10.0. The number of likely N-dealkylation sites (N-methyl/N-ethyl adjacent to an activating group) is 2. The fourth-order valence-electron chi connectivity index (χ4n) is 4.59. The Hall–Kier alpha value is -2.62. The minimum Gasteiger partial charge on any atom is -0.497 e. The van der Waals surface area contributed by atoms with E-state index in [4.69, 9.17) is 4.74 Å². The molecule has 0 saturated carbocycles. The van der Waals surface area contributed by atoms with E-state index in [2.05, 4.69) is 35.5 Å². The summed E-state index contributed by atoms with van der Waals surface area (Å²) >= 11 is 0. The first-order valence-electron chi connectivity index (χ1n) is 12.4. The predicted molar refractivity (Wildman–Crippen MR) is 144 cm³/mol. The number of carbonyl (C=O) groups is 1. The Morgan fingerprint density at radius 2 is 1.67 bits per heavy atom. The highest BCUT2D eigenvalue weighted by atomic mass is 32.2. The van der Waals surface area contributed by atoms with Crippen LogP contribution in [0.3, 0.4) is 0 Å². The fraction of sp³-hybridized carbons (Fsp3) is 0.519. The van der Waals surface area contributed by atoms with Crippen LogP contribution >= 0.6 is 0 Å². The standard InChI is InChI=1S/C27H40N4O4S/c1-20-17-25(35-6)18-21(2)27(20)36(33,34)31(5)15-11-26(32)30(4)16-12-28-24-8-7-22-9-13-29(3)14-10-23(22)19-24/h7-8,17-19,28H,9-16H2,1-6H3. The zero-order valence-corrected chi connectivity index (χ0v) is 23.2. The molecular formula is C27H40N4O4S. The maximum absolute atomic E-state index is 13.2. The Kier molecular flexibility index (Phi) is 9.38. The summed E-state index contributed by atoms with van der Waals surface area (Å²) in [5, 5.41) is 3.42. The second-order valence-electron chi connectivity index (χ2n) is 9.70. The van der Waals surface area contributed by atoms with E-state index < -0.39 is 10.0 Å². The van der Waals surface area contributed by atoms with Crippen molar-refractivity contribution >= 4 is 21.6 Å². The molecule has 1 N–H and O–H groups in total. The van der Waals surface area contributed by atoms with Crippen molar-refractivity contribution in [1.29, 1.82) is 0 Å². The molecule has 0 aromatic heterocycles. The number of methoxy groups -OCH3 is 1. The molecule has 0 fully saturated rings. The number of carbonyl (C=O) groups excluding carboxylic acids is 1. The summed E-state index contributed by atoms with van der Waals surface area (Å²) in [6.45, 7) is 6.93. The van der Waals surface area contributed by atoms with Crippen LogP contribution in [0.4, 0.5) is 5.69 Å². The lowest BCUT2D eigenvalue weighted by Gasteiger charge is -2.22. The molecule has 0 unspecified atom stereocenters. The number of hydrogen-bond donors (Lipinski definition) is 1. The zero-order valence-electron chi connectivity index (χ0n) is 22.4. The van der Waals surface area contributed by atoms with Gasteiger partial charge in [0.05, 0.1) is 12.0 Å². The van der Waals surface area contributed by atoms with Gasteiger partial charge in [-0.3, -0.25) is 4.79 Å². The van der Waals surface area contributed by atoms with Gasteiger partial charge in [-0.25, -0.2) is 12.7 Å². The molecule has 36 heavy (non-hydrogen) atoms. The van der Waals surface area contributed by atoms with Crippen LogP contribution in [-0.2, 0) is 27.7 Å². The van der Waals surface area contributed by atoms with Crippen molar-refractivity contribution in [2.24, 2.45) is 0 Å². The molecule has 1 amide bonds. The molecule has 0 atom stereocenters. The van der Waals surface area contributed by atoms with Crippen LogP contribution in [0.15, 0.2) is 35.2 Å². The van der Waals surface area contributed by atoms with Crippen molar-refractivity contribution in [2.75, 3.05) is 66.3 Å². The van der Waals surface area contributed by atoms with E-state index >= 15 is 0 Å². The Labute approximate surface area is 216 Å². The SMILES string of the molecule is COc1cc(C)c(S(=O)(=O)N(C)CCC(=O)N(C)CCNc2ccc3c(c2)CCN(C)CC3)c(C)c1. The normalized spacial score (nSPS) is 14.3. The smallest absolute Gasteiger partial charge is 0.243 e. The van der Waals surface area contributed by atoms with Crippen molar-refractivity contribution in [3.63, 3.8) is 0 Å². The zero-order chi connectivity index (χ0) is 26.5. The van der Waals surface area contributed by atoms with Crippen LogP contribution in [0.1, 0.15) is 28.7 Å². The quantitative estimate of drug-likeness (QED) is 0.523. The summed E-state index contributed by atoms with van der Waals surface area (Å²) in [5.41, 5.74) is 5.11. The Morgan fingerprint density at radius 3 is 2.31 bits per heavy atom. The molecule has 1 heterocycles. The van der Waals surface area contributed by atoms with Crippen molar-refractivity contribution < 1.29 is 17.9 Å². The van der Waals surface area contributed by atoms with Crippen molar-refractivity contribution in [2.45, 2.75) is 38.0 Å². The Morgan fingerprint density at radius 1 is 1.03 bits per heavy atom. The summed E-state index contributed by atoms with van der Waals surface area (Å²) in [5.74, 6) is 0.530. The summed E-state index contributed by atoms with van der Waals surface area (Å²) in [4.78, 5) is 17.0. The van der Waals surface area contributed by atoms with E-state index in [1.807, 2.05) is 0 Å². The van der Waals surface area contributed by atoms with Gasteiger partial charge in [0.15, 0.2) is 0 Å². The Bertz CT molecular complexity index is 1160. The third-order valence-corrected chi connectivity index (χ3v) is 9.08. The van der Waals surface area contributed by atoms with Gasteiger partial charge in [-0.1, -0.05) is 6.07 Å². The largest absolute Gasteiger partial charge is 0.497 e. The fourth-order valence-corrected chi connectivity index (χ4v) is 6.17. The maximum atomic E-state index is 13.2. The molecule has 3 rings (SSSR count). The number of rotatable bonds is 10. The van der Waals surface area contributed by atoms with Gasteiger partial charge in [0.2, 0.25) is 15.9 Å². The number of ether oxygens (including phenoxy) is 1. The van der Waals surface area contributed by atoms with Crippen LogP contribution in [0.5, 0.6) is 5.75 Å². The van der Waals surface area contributed by atoms with Gasteiger partial charge in [0.1, 0.15) is 5.75 Å². The molecule has 8 nitrogen and oxygen atoms in total. The first kappa shape index (κ1) is 28.0. The molecule has 0 saturated heterocycles. The number of nitrogens with one attached hydrogen (secondary N) is 1. The van der Waals surface area contributed by atoms with Gasteiger partial charge >= 0.3 is 0 Å². The highest BCUT2D eigenvalue weighted by molar-refractivity contribution is 7.89. The van der Waals surface area contributed by atoms with E-state index in [9.17, 15) is 13.2 Å². The Balaban J connectivity index is 1.50. The number of aryl methyl sites for hydroxylation is 2. The molecule has 0 bridgehead atoms. The third-order valence-electron chi connectivity index (χ3n) is 6.91. The highest BCUT2D eigenvalue weighted by Gasteiger charge is 2.26. The van der Waals surface area contributed by atoms with Gasteiger partial charge in [-0.15, -0.1) is 0 Å². The van der Waals surface area contributed by atoms with Crippen molar-refractivity contribution in [3.8, 4) is 5.75 Å². The monoisotopic (exact) mass is 516 g/mol. The van der Waals surface area contributed by atoms with Crippen LogP contribution in [0.25, 0.3) is 0 Å².